The number of carbonyl (C=O) groups excluding carboxylic acids is 2. The molecule has 2 heterocycles. The molecule has 0 fully saturated rings. The summed E-state index contributed by atoms with van der Waals surface area (Å²) in [5.41, 5.74) is 1.07. The van der Waals surface area contributed by atoms with Gasteiger partial charge in [0.15, 0.2) is 5.78 Å². The standard InChI is InChI=1S/C20H15ClFN3O2S/c1-11(23)12-2-4-15(16(22)8-12)17(26)9-13-6-7-28-19(13)20(27)25-18-5-3-14(21)10-24-18/h2-8,10,23H,9H2,1H3,(H,24,25,27). The van der Waals surface area contributed by atoms with Gasteiger partial charge in [-0.2, -0.15) is 0 Å². The first-order valence-corrected chi connectivity index (χ1v) is 9.48. The van der Waals surface area contributed by atoms with Crippen molar-refractivity contribution in [1.82, 2.24) is 4.98 Å². The van der Waals surface area contributed by atoms with Crippen molar-refractivity contribution in [2.24, 2.45) is 0 Å². The second kappa shape index (κ2) is 8.41. The van der Waals surface area contributed by atoms with E-state index in [-0.39, 0.29) is 17.7 Å². The largest absolute Gasteiger partial charge is 0.306 e. The summed E-state index contributed by atoms with van der Waals surface area (Å²) in [5, 5.41) is 12.3. The van der Waals surface area contributed by atoms with Crippen LogP contribution in [0.4, 0.5) is 10.2 Å². The molecule has 0 aliphatic rings. The Balaban J connectivity index is 1.76. The summed E-state index contributed by atoms with van der Waals surface area (Å²) in [4.78, 5) is 29.4. The summed E-state index contributed by atoms with van der Waals surface area (Å²) < 4.78 is 14.3. The molecular weight excluding hydrogens is 401 g/mol. The lowest BCUT2D eigenvalue weighted by molar-refractivity contribution is 0.0989. The molecular formula is C20H15ClFN3O2S. The number of hydrogen-bond acceptors (Lipinski definition) is 5. The van der Waals surface area contributed by atoms with Crippen LogP contribution in [0.2, 0.25) is 5.02 Å². The molecule has 0 atom stereocenters. The van der Waals surface area contributed by atoms with Crippen LogP contribution in [0, 0.1) is 11.2 Å². The first kappa shape index (κ1) is 19.9. The van der Waals surface area contributed by atoms with E-state index < -0.39 is 17.5 Å². The van der Waals surface area contributed by atoms with Crippen LogP contribution >= 0.6 is 22.9 Å². The normalized spacial score (nSPS) is 10.5. The van der Waals surface area contributed by atoms with Crippen molar-refractivity contribution < 1.29 is 14.0 Å². The molecule has 0 spiro atoms. The second-order valence-corrected chi connectivity index (χ2v) is 7.36. The number of thiophene rings is 1. The minimum atomic E-state index is -0.680. The fourth-order valence-electron chi connectivity index (χ4n) is 2.54. The van der Waals surface area contributed by atoms with Gasteiger partial charge in [-0.3, -0.25) is 9.59 Å². The number of benzene rings is 1. The second-order valence-electron chi connectivity index (χ2n) is 6.01. The maximum Gasteiger partial charge on any atom is 0.267 e. The first-order chi connectivity index (χ1) is 13.3. The molecule has 2 N–H and O–H groups in total. The molecule has 142 valence electrons. The Morgan fingerprint density at radius 3 is 2.68 bits per heavy atom. The summed E-state index contributed by atoms with van der Waals surface area (Å²) in [6.45, 7) is 1.54. The maximum atomic E-state index is 14.3. The monoisotopic (exact) mass is 415 g/mol. The van der Waals surface area contributed by atoms with E-state index in [9.17, 15) is 14.0 Å². The molecule has 0 unspecified atom stereocenters. The van der Waals surface area contributed by atoms with E-state index in [4.69, 9.17) is 17.0 Å². The predicted octanol–water partition coefficient (Wildman–Crippen LogP) is 5.00. The quantitative estimate of drug-likeness (QED) is 0.439. The van der Waals surface area contributed by atoms with Gasteiger partial charge >= 0.3 is 0 Å². The van der Waals surface area contributed by atoms with E-state index in [0.717, 1.165) is 0 Å². The van der Waals surface area contributed by atoms with E-state index >= 15 is 0 Å². The third-order valence-corrected chi connectivity index (χ3v) is 5.15. The van der Waals surface area contributed by atoms with Crippen LogP contribution in [-0.2, 0) is 6.42 Å². The minimum absolute atomic E-state index is 0.0677. The minimum Gasteiger partial charge on any atom is -0.306 e. The van der Waals surface area contributed by atoms with E-state index in [1.807, 2.05) is 0 Å². The molecule has 0 aliphatic heterocycles. The highest BCUT2D eigenvalue weighted by Crippen LogP contribution is 2.22. The summed E-state index contributed by atoms with van der Waals surface area (Å²) in [6.07, 6.45) is 1.30. The summed E-state index contributed by atoms with van der Waals surface area (Å²) >= 11 is 6.96. The lowest BCUT2D eigenvalue weighted by Crippen LogP contribution is -2.15. The number of amides is 1. The van der Waals surface area contributed by atoms with E-state index in [1.54, 1.807) is 30.5 Å². The average Bonchev–Trinajstić information content (AvgIpc) is 3.11. The van der Waals surface area contributed by atoms with Crippen LogP contribution in [0.25, 0.3) is 0 Å². The molecule has 3 aromatic rings. The number of aromatic nitrogens is 1. The van der Waals surface area contributed by atoms with Crippen LogP contribution < -0.4 is 5.32 Å². The van der Waals surface area contributed by atoms with Crippen molar-refractivity contribution in [3.8, 4) is 0 Å². The van der Waals surface area contributed by atoms with Crippen molar-refractivity contribution in [3.63, 3.8) is 0 Å². The Labute approximate surface area is 169 Å². The predicted molar refractivity (Wildman–Crippen MR) is 108 cm³/mol. The highest BCUT2D eigenvalue weighted by atomic mass is 35.5. The van der Waals surface area contributed by atoms with Crippen LogP contribution in [-0.4, -0.2) is 22.4 Å². The first-order valence-electron chi connectivity index (χ1n) is 8.22. The average molecular weight is 416 g/mol. The number of pyridine rings is 1. The van der Waals surface area contributed by atoms with Gasteiger partial charge in [-0.1, -0.05) is 17.7 Å². The number of halogens is 2. The van der Waals surface area contributed by atoms with Crippen LogP contribution in [0.1, 0.15) is 38.1 Å². The van der Waals surface area contributed by atoms with E-state index in [1.165, 1.54) is 35.7 Å². The number of nitrogens with one attached hydrogen (secondary N) is 2. The van der Waals surface area contributed by atoms with Crippen molar-refractivity contribution in [3.05, 3.63) is 80.4 Å². The molecule has 2 aromatic heterocycles. The van der Waals surface area contributed by atoms with Gasteiger partial charge in [0.1, 0.15) is 11.6 Å². The highest BCUT2D eigenvalue weighted by molar-refractivity contribution is 7.12. The molecule has 0 saturated heterocycles. The topological polar surface area (TPSA) is 82.9 Å². The smallest absolute Gasteiger partial charge is 0.267 e. The molecule has 5 nitrogen and oxygen atoms in total. The summed E-state index contributed by atoms with van der Waals surface area (Å²) in [7, 11) is 0. The van der Waals surface area contributed by atoms with E-state index in [0.29, 0.717) is 26.8 Å². The lowest BCUT2D eigenvalue weighted by atomic mass is 10.0. The maximum absolute atomic E-state index is 14.3. The third kappa shape index (κ3) is 4.49. The van der Waals surface area contributed by atoms with Gasteiger partial charge in [-0.15, -0.1) is 11.3 Å². The van der Waals surface area contributed by atoms with Gasteiger partial charge in [0.05, 0.1) is 15.5 Å². The number of nitrogens with zero attached hydrogens (tertiary/aromatic N) is 1. The third-order valence-electron chi connectivity index (χ3n) is 3.98. The van der Waals surface area contributed by atoms with Gasteiger partial charge in [-0.25, -0.2) is 9.37 Å². The van der Waals surface area contributed by atoms with Gasteiger partial charge < -0.3 is 10.7 Å². The Hall–Kier alpha value is -2.90. The summed E-state index contributed by atoms with van der Waals surface area (Å²) in [5.74, 6) is -1.18. The summed E-state index contributed by atoms with van der Waals surface area (Å²) in [6, 6.07) is 8.91. The van der Waals surface area contributed by atoms with Gasteiger partial charge in [0.2, 0.25) is 0 Å². The molecule has 0 radical (unpaired) electrons. The fraction of sp³-hybridized carbons (Fsp3) is 0.100. The van der Waals surface area contributed by atoms with Gasteiger partial charge in [-0.05, 0) is 53.8 Å². The molecule has 0 saturated carbocycles. The molecule has 1 amide bonds. The molecule has 0 aliphatic carbocycles. The highest BCUT2D eigenvalue weighted by Gasteiger charge is 2.19. The van der Waals surface area contributed by atoms with E-state index in [2.05, 4.69) is 10.3 Å². The zero-order chi connectivity index (χ0) is 20.3. The Morgan fingerprint density at radius 2 is 2.04 bits per heavy atom. The van der Waals surface area contributed by atoms with Crippen LogP contribution in [0.3, 0.4) is 0 Å². The zero-order valence-corrected chi connectivity index (χ0v) is 16.3. The molecule has 3 rings (SSSR count). The number of rotatable bonds is 6. The van der Waals surface area contributed by atoms with Gasteiger partial charge in [0, 0.05) is 18.3 Å². The Morgan fingerprint density at radius 1 is 1.25 bits per heavy atom. The number of carbonyl (C=O) groups is 2. The van der Waals surface area contributed by atoms with Gasteiger partial charge in [0.25, 0.3) is 5.91 Å². The SMILES string of the molecule is CC(=N)c1ccc(C(=O)Cc2ccsc2C(=O)Nc2ccc(Cl)cn2)c(F)c1. The van der Waals surface area contributed by atoms with Crippen molar-refractivity contribution in [1.29, 1.82) is 5.41 Å². The van der Waals surface area contributed by atoms with Crippen molar-refractivity contribution >= 4 is 46.2 Å². The number of hydrogen-bond donors (Lipinski definition) is 2. The van der Waals surface area contributed by atoms with Crippen LogP contribution in [0.15, 0.2) is 48.0 Å². The molecule has 0 bridgehead atoms. The number of Topliss-reactive ketones (excluding diaryl/α,β-unsaturated/α-hetero) is 1. The molecule has 8 heteroatoms. The molecule has 1 aromatic carbocycles. The lowest BCUT2D eigenvalue weighted by Gasteiger charge is -2.07. The Bertz CT molecular complexity index is 1060. The van der Waals surface area contributed by atoms with Crippen molar-refractivity contribution in [2.45, 2.75) is 13.3 Å². The fourth-order valence-corrected chi connectivity index (χ4v) is 3.47. The number of anilines is 1. The zero-order valence-electron chi connectivity index (χ0n) is 14.8. The molecule has 28 heavy (non-hydrogen) atoms. The Kier molecular flexibility index (Phi) is 5.96. The van der Waals surface area contributed by atoms with Crippen molar-refractivity contribution in [2.75, 3.05) is 5.32 Å². The van der Waals surface area contributed by atoms with Crippen LogP contribution in [0.5, 0.6) is 0 Å². The number of ketones is 1.